The highest BCUT2D eigenvalue weighted by Gasteiger charge is 2.16. The van der Waals surface area contributed by atoms with Crippen LogP contribution in [-0.4, -0.2) is 27.6 Å². The van der Waals surface area contributed by atoms with Crippen molar-refractivity contribution in [2.24, 2.45) is 7.05 Å². The van der Waals surface area contributed by atoms with E-state index in [9.17, 15) is 14.9 Å². The number of hydrogen-bond donors (Lipinski definition) is 0. The van der Waals surface area contributed by atoms with Crippen LogP contribution >= 0.6 is 0 Å². The average Bonchev–Trinajstić information content (AvgIpc) is 3.17. The summed E-state index contributed by atoms with van der Waals surface area (Å²) in [6.07, 6.45) is 6.31. The minimum Gasteiger partial charge on any atom is -0.496 e. The van der Waals surface area contributed by atoms with Crippen molar-refractivity contribution < 1.29 is 19.2 Å². The van der Waals surface area contributed by atoms with Gasteiger partial charge in [0, 0.05) is 24.9 Å². The molecule has 0 saturated heterocycles. The largest absolute Gasteiger partial charge is 0.496 e. The second kappa shape index (κ2) is 9.04. The number of nitro benzene ring substituents is 1. The molecule has 0 radical (unpaired) electrons. The molecular weight excluding hydrogens is 386 g/mol. The Morgan fingerprint density at radius 3 is 2.67 bits per heavy atom. The van der Waals surface area contributed by atoms with E-state index in [1.54, 1.807) is 49.1 Å². The number of nitro groups is 1. The van der Waals surface area contributed by atoms with Gasteiger partial charge in [-0.25, -0.2) is 0 Å². The number of nitrogens with zero attached hydrogens (tertiary/aromatic N) is 3. The van der Waals surface area contributed by atoms with Crippen molar-refractivity contribution in [2.75, 3.05) is 7.11 Å². The molecule has 1 aromatic heterocycles. The highest BCUT2D eigenvalue weighted by atomic mass is 16.6. The third kappa shape index (κ3) is 4.91. The van der Waals surface area contributed by atoms with Gasteiger partial charge in [-0.15, -0.1) is 0 Å². The normalized spacial score (nSPS) is 10.9. The van der Waals surface area contributed by atoms with E-state index >= 15 is 0 Å². The lowest BCUT2D eigenvalue weighted by atomic mass is 10.1. The van der Waals surface area contributed by atoms with Gasteiger partial charge < -0.3 is 9.47 Å². The molecular formula is C22H21N3O5. The summed E-state index contributed by atoms with van der Waals surface area (Å²) >= 11 is 0. The SMILES string of the molecule is COc1ccc(/C=C/C(=O)c2cnn(C)c2)cc1COc1ccc(C)cc1[N+](=O)[O-]. The maximum Gasteiger partial charge on any atom is 0.311 e. The first-order valence-electron chi connectivity index (χ1n) is 9.13. The third-order valence-corrected chi connectivity index (χ3v) is 4.42. The van der Waals surface area contributed by atoms with Gasteiger partial charge in [-0.05, 0) is 42.3 Å². The fourth-order valence-electron chi connectivity index (χ4n) is 2.88. The third-order valence-electron chi connectivity index (χ3n) is 4.42. The lowest BCUT2D eigenvalue weighted by molar-refractivity contribution is -0.386. The molecule has 0 unspecified atom stereocenters. The van der Waals surface area contributed by atoms with Crippen LogP contribution in [0.15, 0.2) is 54.9 Å². The number of ether oxygens (including phenoxy) is 2. The molecule has 8 heteroatoms. The summed E-state index contributed by atoms with van der Waals surface area (Å²) in [5, 5.41) is 15.3. The van der Waals surface area contributed by atoms with Gasteiger partial charge in [0.25, 0.3) is 0 Å². The number of aryl methyl sites for hydroxylation is 2. The van der Waals surface area contributed by atoms with Gasteiger partial charge >= 0.3 is 5.69 Å². The molecule has 3 rings (SSSR count). The van der Waals surface area contributed by atoms with E-state index in [0.717, 1.165) is 11.1 Å². The van der Waals surface area contributed by atoms with Crippen LogP contribution in [0.25, 0.3) is 6.08 Å². The Labute approximate surface area is 173 Å². The summed E-state index contributed by atoms with van der Waals surface area (Å²) in [5.74, 6) is 0.604. The number of aromatic nitrogens is 2. The van der Waals surface area contributed by atoms with E-state index < -0.39 is 4.92 Å². The molecule has 154 valence electrons. The predicted octanol–water partition coefficient (Wildman–Crippen LogP) is 4.12. The smallest absolute Gasteiger partial charge is 0.311 e. The number of ketones is 1. The number of benzene rings is 2. The minimum absolute atomic E-state index is 0.0747. The van der Waals surface area contributed by atoms with Crippen molar-refractivity contribution in [3.05, 3.63) is 87.2 Å². The zero-order valence-corrected chi connectivity index (χ0v) is 16.9. The highest BCUT2D eigenvalue weighted by Crippen LogP contribution is 2.30. The van der Waals surface area contributed by atoms with Crippen molar-refractivity contribution in [2.45, 2.75) is 13.5 Å². The molecule has 0 bridgehead atoms. The van der Waals surface area contributed by atoms with Gasteiger partial charge in [0.05, 0.1) is 23.8 Å². The van der Waals surface area contributed by atoms with Crippen molar-refractivity contribution in [1.82, 2.24) is 9.78 Å². The number of methoxy groups -OCH3 is 1. The van der Waals surface area contributed by atoms with E-state index in [-0.39, 0.29) is 23.8 Å². The summed E-state index contributed by atoms with van der Waals surface area (Å²) in [6, 6.07) is 10.2. The van der Waals surface area contributed by atoms with Crippen LogP contribution in [-0.2, 0) is 13.7 Å². The molecule has 0 aliphatic rings. The lowest BCUT2D eigenvalue weighted by Gasteiger charge is -2.11. The topological polar surface area (TPSA) is 96.5 Å². The molecule has 0 saturated carbocycles. The monoisotopic (exact) mass is 407 g/mol. The summed E-state index contributed by atoms with van der Waals surface area (Å²) in [6.45, 7) is 1.85. The van der Waals surface area contributed by atoms with Crippen LogP contribution in [0.3, 0.4) is 0 Å². The van der Waals surface area contributed by atoms with E-state index in [1.807, 2.05) is 12.1 Å². The molecule has 2 aromatic carbocycles. The average molecular weight is 407 g/mol. The molecule has 30 heavy (non-hydrogen) atoms. The Hall–Kier alpha value is -3.94. The van der Waals surface area contributed by atoms with Crippen LogP contribution in [0.4, 0.5) is 5.69 Å². The first-order chi connectivity index (χ1) is 14.4. The van der Waals surface area contributed by atoms with E-state index in [4.69, 9.17) is 9.47 Å². The Kier molecular flexibility index (Phi) is 6.26. The number of allylic oxidation sites excluding steroid dienone is 1. The Morgan fingerprint density at radius 2 is 2.00 bits per heavy atom. The number of rotatable bonds is 8. The molecule has 0 N–H and O–H groups in total. The van der Waals surface area contributed by atoms with Gasteiger partial charge in [0.1, 0.15) is 12.4 Å². The molecule has 3 aromatic rings. The quantitative estimate of drug-likeness (QED) is 0.241. The summed E-state index contributed by atoms with van der Waals surface area (Å²) in [5.41, 5.74) is 2.65. The number of carbonyl (C=O) groups is 1. The molecule has 0 aliphatic heterocycles. The zero-order chi connectivity index (χ0) is 21.7. The van der Waals surface area contributed by atoms with Crippen molar-refractivity contribution in [1.29, 1.82) is 0 Å². The minimum atomic E-state index is -0.469. The molecule has 0 fully saturated rings. The van der Waals surface area contributed by atoms with E-state index in [0.29, 0.717) is 16.9 Å². The maximum atomic E-state index is 12.2. The molecule has 8 nitrogen and oxygen atoms in total. The highest BCUT2D eigenvalue weighted by molar-refractivity contribution is 6.06. The van der Waals surface area contributed by atoms with Gasteiger partial charge in [-0.2, -0.15) is 5.10 Å². The van der Waals surface area contributed by atoms with E-state index in [2.05, 4.69) is 5.10 Å². The van der Waals surface area contributed by atoms with Gasteiger partial charge in [0.15, 0.2) is 11.5 Å². The summed E-state index contributed by atoms with van der Waals surface area (Å²) in [4.78, 5) is 23.0. The maximum absolute atomic E-state index is 12.2. The lowest BCUT2D eigenvalue weighted by Crippen LogP contribution is -2.02. The van der Waals surface area contributed by atoms with Crippen LogP contribution in [0, 0.1) is 17.0 Å². The predicted molar refractivity (Wildman–Crippen MR) is 112 cm³/mol. The fourth-order valence-corrected chi connectivity index (χ4v) is 2.88. The first-order valence-corrected chi connectivity index (χ1v) is 9.13. The first kappa shape index (κ1) is 20.8. The van der Waals surface area contributed by atoms with Crippen LogP contribution in [0.1, 0.15) is 27.0 Å². The van der Waals surface area contributed by atoms with Crippen LogP contribution in [0.2, 0.25) is 0 Å². The number of carbonyl (C=O) groups excluding carboxylic acids is 1. The van der Waals surface area contributed by atoms with E-state index in [1.165, 1.54) is 25.4 Å². The standard InChI is InChI=1S/C22H21N3O5/c1-15-4-8-22(19(10-15)25(27)28)30-14-17-11-16(6-9-21(17)29-3)5-7-20(26)18-12-23-24(2)13-18/h4-13H,14H2,1-3H3/b7-5+. The van der Waals surface area contributed by atoms with Crippen LogP contribution < -0.4 is 9.47 Å². The molecule has 1 heterocycles. The van der Waals surface area contributed by atoms with Gasteiger partial charge in [0.2, 0.25) is 0 Å². The van der Waals surface area contributed by atoms with Crippen LogP contribution in [0.5, 0.6) is 11.5 Å². The second-order valence-corrected chi connectivity index (χ2v) is 6.69. The number of hydrogen-bond acceptors (Lipinski definition) is 6. The second-order valence-electron chi connectivity index (χ2n) is 6.69. The van der Waals surface area contributed by atoms with Gasteiger partial charge in [-0.3, -0.25) is 19.6 Å². The van der Waals surface area contributed by atoms with Crippen molar-refractivity contribution in [3.63, 3.8) is 0 Å². The summed E-state index contributed by atoms with van der Waals surface area (Å²) < 4.78 is 12.6. The molecule has 0 atom stereocenters. The van der Waals surface area contributed by atoms with Crippen molar-refractivity contribution >= 4 is 17.5 Å². The Bertz CT molecular complexity index is 1120. The Balaban J connectivity index is 1.79. The molecule has 0 amide bonds. The Morgan fingerprint density at radius 1 is 1.23 bits per heavy atom. The molecule has 0 aliphatic carbocycles. The summed E-state index contributed by atoms with van der Waals surface area (Å²) in [7, 11) is 3.28. The zero-order valence-electron chi connectivity index (χ0n) is 16.9. The van der Waals surface area contributed by atoms with Crippen molar-refractivity contribution in [3.8, 4) is 11.5 Å². The van der Waals surface area contributed by atoms with Gasteiger partial charge in [-0.1, -0.05) is 18.2 Å². The molecule has 0 spiro atoms. The fraction of sp³-hybridized carbons (Fsp3) is 0.182.